The SMILES string of the molecule is CC(C)c1nc2c(c3c1[C@@H](c1ccc(F)cc1)OC31CCCC1I)[C@@H](O[Si](C)(C)C(C)(C)C)CC(C)(C)C2. The van der Waals surface area contributed by atoms with Crippen LogP contribution in [0.15, 0.2) is 24.3 Å². The second-order valence-electron chi connectivity index (χ2n) is 14.5. The van der Waals surface area contributed by atoms with Gasteiger partial charge < -0.3 is 9.16 Å². The van der Waals surface area contributed by atoms with E-state index in [0.29, 0.717) is 3.92 Å². The van der Waals surface area contributed by atoms with Gasteiger partial charge in [0.25, 0.3) is 0 Å². The molecule has 2 aromatic rings. The van der Waals surface area contributed by atoms with E-state index in [1.54, 1.807) is 12.1 Å². The lowest BCUT2D eigenvalue weighted by Gasteiger charge is -2.45. The van der Waals surface area contributed by atoms with Crippen LogP contribution in [0.4, 0.5) is 4.39 Å². The normalized spacial score (nSPS) is 28.7. The van der Waals surface area contributed by atoms with E-state index in [1.807, 2.05) is 12.1 Å². The lowest BCUT2D eigenvalue weighted by Crippen LogP contribution is -2.44. The number of benzene rings is 1. The lowest BCUT2D eigenvalue weighted by molar-refractivity contribution is -0.0515. The maximum Gasteiger partial charge on any atom is 0.192 e. The Balaban J connectivity index is 1.80. The summed E-state index contributed by atoms with van der Waals surface area (Å²) in [5, 5.41) is 0.118. The average molecular weight is 650 g/mol. The molecule has 5 rings (SSSR count). The van der Waals surface area contributed by atoms with E-state index in [0.717, 1.165) is 43.4 Å². The number of nitrogens with zero attached hydrogens (tertiary/aromatic N) is 1. The predicted octanol–water partition coefficient (Wildman–Crippen LogP) is 9.68. The third-order valence-electron chi connectivity index (χ3n) is 9.57. The van der Waals surface area contributed by atoms with Gasteiger partial charge in [-0.25, -0.2) is 4.39 Å². The van der Waals surface area contributed by atoms with Crippen molar-refractivity contribution in [3.05, 3.63) is 63.7 Å². The van der Waals surface area contributed by atoms with Crippen molar-refractivity contribution >= 4 is 30.9 Å². The number of hydrogen-bond acceptors (Lipinski definition) is 3. The highest BCUT2D eigenvalue weighted by atomic mass is 127. The number of rotatable bonds is 4. The van der Waals surface area contributed by atoms with Crippen LogP contribution in [0.25, 0.3) is 0 Å². The van der Waals surface area contributed by atoms with Crippen LogP contribution in [-0.2, 0) is 21.2 Å². The summed E-state index contributed by atoms with van der Waals surface area (Å²) < 4.78 is 28.9. The zero-order valence-electron chi connectivity index (χ0n) is 24.7. The van der Waals surface area contributed by atoms with Crippen molar-refractivity contribution < 1.29 is 13.6 Å². The summed E-state index contributed by atoms with van der Waals surface area (Å²) in [6, 6.07) is 6.92. The quantitative estimate of drug-likeness (QED) is 0.188. The van der Waals surface area contributed by atoms with E-state index in [9.17, 15) is 4.39 Å². The topological polar surface area (TPSA) is 31.4 Å². The molecule has 208 valence electrons. The van der Waals surface area contributed by atoms with E-state index in [4.69, 9.17) is 14.1 Å². The van der Waals surface area contributed by atoms with Crippen molar-refractivity contribution in [2.75, 3.05) is 0 Å². The third-order valence-corrected chi connectivity index (χ3v) is 15.7. The van der Waals surface area contributed by atoms with Crippen LogP contribution in [0, 0.1) is 11.2 Å². The fraction of sp³-hybridized carbons (Fsp3) is 0.656. The van der Waals surface area contributed by atoms with E-state index in [2.05, 4.69) is 84.2 Å². The van der Waals surface area contributed by atoms with Crippen molar-refractivity contribution in [3.63, 3.8) is 0 Å². The highest BCUT2D eigenvalue weighted by molar-refractivity contribution is 14.1. The zero-order chi connectivity index (χ0) is 27.8. The van der Waals surface area contributed by atoms with Gasteiger partial charge in [0, 0.05) is 32.0 Å². The Kier molecular flexibility index (Phi) is 7.27. The zero-order valence-corrected chi connectivity index (χ0v) is 27.8. The number of hydrogen-bond donors (Lipinski definition) is 0. The third kappa shape index (κ3) is 4.73. The number of fused-ring (bicyclic) bond motifs is 4. The van der Waals surface area contributed by atoms with Gasteiger partial charge in [-0.15, -0.1) is 0 Å². The first-order valence-corrected chi connectivity index (χ1v) is 18.5. The molecule has 0 radical (unpaired) electrons. The number of pyridine rings is 1. The van der Waals surface area contributed by atoms with Gasteiger partial charge in [-0.05, 0) is 79.3 Å². The summed E-state index contributed by atoms with van der Waals surface area (Å²) in [4.78, 5) is 5.47. The Morgan fingerprint density at radius 2 is 1.79 bits per heavy atom. The molecule has 1 aliphatic heterocycles. The molecule has 1 spiro atoms. The minimum absolute atomic E-state index is 0.00810. The van der Waals surface area contributed by atoms with Crippen LogP contribution in [0.1, 0.15) is 126 Å². The van der Waals surface area contributed by atoms with Crippen molar-refractivity contribution in [3.8, 4) is 0 Å². The van der Waals surface area contributed by atoms with E-state index in [1.165, 1.54) is 22.4 Å². The van der Waals surface area contributed by atoms with Gasteiger partial charge >= 0.3 is 0 Å². The van der Waals surface area contributed by atoms with Crippen LogP contribution in [-0.4, -0.2) is 17.2 Å². The molecular weight excluding hydrogens is 604 g/mol. The molecule has 2 heterocycles. The van der Waals surface area contributed by atoms with Crippen LogP contribution in [0.2, 0.25) is 18.1 Å². The smallest absolute Gasteiger partial charge is 0.192 e. The Bertz CT molecular complexity index is 1220. The largest absolute Gasteiger partial charge is 0.410 e. The van der Waals surface area contributed by atoms with Gasteiger partial charge in [0.1, 0.15) is 17.5 Å². The molecule has 1 saturated carbocycles. The van der Waals surface area contributed by atoms with E-state index < -0.39 is 8.32 Å². The van der Waals surface area contributed by atoms with Crippen LogP contribution in [0.5, 0.6) is 0 Å². The lowest BCUT2D eigenvalue weighted by atomic mass is 9.70. The first kappa shape index (κ1) is 28.7. The molecule has 3 nitrogen and oxygen atoms in total. The standard InChI is InChI=1S/C32H45FINO2Si/c1-19(2)28-26-27(32(16-10-11-24(32)34)36-29(26)20-12-14-21(33)15-13-20)25-22(35-28)17-31(6,7)18-23(25)37-38(8,9)30(3,4)5/h12-15,19,23-24,29H,10-11,16-18H2,1-9H3/t23-,24?,29+,32?/m0/s1. The van der Waals surface area contributed by atoms with Crippen molar-refractivity contribution in [1.29, 1.82) is 0 Å². The molecular formula is C32H45FINO2Si. The van der Waals surface area contributed by atoms with Crippen LogP contribution in [0.3, 0.4) is 0 Å². The molecule has 0 N–H and O–H groups in total. The summed E-state index contributed by atoms with van der Waals surface area (Å²) >= 11 is 2.64. The molecule has 0 amide bonds. The molecule has 0 bridgehead atoms. The first-order valence-electron chi connectivity index (χ1n) is 14.4. The second-order valence-corrected chi connectivity index (χ2v) is 20.8. The second kappa shape index (κ2) is 9.63. The Labute approximate surface area is 244 Å². The summed E-state index contributed by atoms with van der Waals surface area (Å²) in [7, 11) is -2.06. The van der Waals surface area contributed by atoms with Gasteiger partial charge in [0.05, 0.1) is 6.10 Å². The predicted molar refractivity (Wildman–Crippen MR) is 164 cm³/mol. The molecule has 2 unspecified atom stereocenters. The number of aromatic nitrogens is 1. The monoisotopic (exact) mass is 649 g/mol. The van der Waals surface area contributed by atoms with Crippen molar-refractivity contribution in [1.82, 2.24) is 4.98 Å². The van der Waals surface area contributed by atoms with Gasteiger partial charge in [0.2, 0.25) is 0 Å². The van der Waals surface area contributed by atoms with Gasteiger partial charge in [-0.2, -0.15) is 0 Å². The summed E-state index contributed by atoms with van der Waals surface area (Å²) in [6.07, 6.45) is 5.02. The number of alkyl halides is 1. The number of ether oxygens (including phenoxy) is 1. The molecule has 38 heavy (non-hydrogen) atoms. The van der Waals surface area contributed by atoms with Crippen molar-refractivity contribution in [2.24, 2.45) is 5.41 Å². The van der Waals surface area contributed by atoms with Crippen molar-refractivity contribution in [2.45, 2.75) is 126 Å². The van der Waals surface area contributed by atoms with Gasteiger partial charge in [0.15, 0.2) is 8.32 Å². The minimum atomic E-state index is -2.06. The van der Waals surface area contributed by atoms with Gasteiger partial charge in [-0.1, -0.05) is 83.2 Å². The Morgan fingerprint density at radius 3 is 2.34 bits per heavy atom. The highest BCUT2D eigenvalue weighted by Crippen LogP contribution is 2.62. The molecule has 1 aromatic heterocycles. The van der Waals surface area contributed by atoms with Crippen LogP contribution >= 0.6 is 22.6 Å². The fourth-order valence-corrected chi connectivity index (χ4v) is 9.11. The summed E-state index contributed by atoms with van der Waals surface area (Å²) in [5.74, 6) is 0.0432. The molecule has 0 saturated heterocycles. The highest BCUT2D eigenvalue weighted by Gasteiger charge is 2.57. The molecule has 1 aromatic carbocycles. The van der Waals surface area contributed by atoms with E-state index in [-0.39, 0.29) is 40.0 Å². The summed E-state index contributed by atoms with van der Waals surface area (Å²) in [6.45, 7) is 20.9. The molecule has 4 atom stereocenters. The first-order chi connectivity index (χ1) is 17.6. The Morgan fingerprint density at radius 1 is 1.13 bits per heavy atom. The Hall–Kier alpha value is -0.833. The fourth-order valence-electron chi connectivity index (χ4n) is 6.64. The van der Waals surface area contributed by atoms with E-state index >= 15 is 0 Å². The average Bonchev–Trinajstić information content (AvgIpc) is 3.32. The molecule has 3 aliphatic rings. The minimum Gasteiger partial charge on any atom is -0.410 e. The summed E-state index contributed by atoms with van der Waals surface area (Å²) in [5.41, 5.74) is 7.05. The maximum absolute atomic E-state index is 14.0. The maximum atomic E-state index is 14.0. The number of halogens is 2. The molecule has 6 heteroatoms. The molecule has 1 fully saturated rings. The molecule has 2 aliphatic carbocycles. The van der Waals surface area contributed by atoms with Gasteiger partial charge in [-0.3, -0.25) is 4.98 Å². The van der Waals surface area contributed by atoms with Crippen LogP contribution < -0.4 is 0 Å².